The van der Waals surface area contributed by atoms with Gasteiger partial charge in [-0.15, -0.1) is 0 Å². The van der Waals surface area contributed by atoms with Crippen molar-refractivity contribution in [1.82, 2.24) is 9.55 Å². The van der Waals surface area contributed by atoms with E-state index in [-0.39, 0.29) is 18.6 Å². The summed E-state index contributed by atoms with van der Waals surface area (Å²) in [5.74, 6) is 5.27. The highest BCUT2D eigenvalue weighted by Gasteiger charge is 2.45. The average molecular weight is 416 g/mol. The third kappa shape index (κ3) is 2.87. The largest absolute Gasteiger partial charge is 0.458 e. The van der Waals surface area contributed by atoms with Crippen LogP contribution in [-0.4, -0.2) is 34.3 Å². The fourth-order valence-electron chi connectivity index (χ4n) is 4.27. The molecule has 0 amide bonds. The zero-order valence-electron chi connectivity index (χ0n) is 17.2. The van der Waals surface area contributed by atoms with E-state index in [9.17, 15) is 14.7 Å². The predicted molar refractivity (Wildman–Crippen MR) is 113 cm³/mol. The highest BCUT2D eigenvalue weighted by Crippen LogP contribution is 2.38. The summed E-state index contributed by atoms with van der Waals surface area (Å²) in [6, 6.07) is 9.48. The van der Waals surface area contributed by atoms with E-state index >= 15 is 0 Å². The minimum Gasteiger partial charge on any atom is -0.458 e. The molecule has 0 unspecified atom stereocenters. The number of rotatable bonds is 2. The first-order valence-electron chi connectivity index (χ1n) is 10.0. The molecule has 1 atom stereocenters. The van der Waals surface area contributed by atoms with Crippen LogP contribution < -0.4 is 5.56 Å². The van der Waals surface area contributed by atoms with Gasteiger partial charge in [-0.3, -0.25) is 4.79 Å². The number of esters is 1. The first-order valence-corrected chi connectivity index (χ1v) is 10.0. The topological polar surface area (TPSA) is 90.7 Å². The van der Waals surface area contributed by atoms with Crippen LogP contribution in [0, 0.1) is 11.8 Å². The lowest BCUT2D eigenvalue weighted by molar-refractivity contribution is -0.172. The van der Waals surface area contributed by atoms with Crippen LogP contribution in [0.1, 0.15) is 35.6 Å². The quantitative estimate of drug-likeness (QED) is 0.398. The molecule has 2 aromatic heterocycles. The molecule has 4 heterocycles. The second-order valence-electron chi connectivity index (χ2n) is 7.74. The monoisotopic (exact) mass is 416 g/mol. The first kappa shape index (κ1) is 19.5. The Bertz CT molecular complexity index is 1380. The number of hydrogen-bond acceptors (Lipinski definition) is 6. The molecule has 0 radical (unpaired) electrons. The van der Waals surface area contributed by atoms with Gasteiger partial charge in [-0.25, -0.2) is 9.78 Å². The summed E-state index contributed by atoms with van der Waals surface area (Å²) >= 11 is 0. The van der Waals surface area contributed by atoms with Gasteiger partial charge in [-0.05, 0) is 36.8 Å². The minimum absolute atomic E-state index is 0.118. The maximum absolute atomic E-state index is 13.2. The molecule has 2 aliphatic heterocycles. The Morgan fingerprint density at radius 1 is 1.29 bits per heavy atom. The number of pyridine rings is 2. The normalized spacial score (nSPS) is 18.6. The number of carbonyl (C=O) groups is 1. The molecule has 0 spiro atoms. The van der Waals surface area contributed by atoms with Gasteiger partial charge >= 0.3 is 5.97 Å². The van der Waals surface area contributed by atoms with E-state index in [0.717, 1.165) is 22.0 Å². The number of carbonyl (C=O) groups excluding carboxylic acids is 1. The molecule has 2 aliphatic rings. The van der Waals surface area contributed by atoms with Crippen molar-refractivity contribution in [2.45, 2.75) is 32.1 Å². The highest BCUT2D eigenvalue weighted by molar-refractivity contribution is 5.87. The summed E-state index contributed by atoms with van der Waals surface area (Å²) < 4.78 is 11.7. The Kier molecular flexibility index (Phi) is 4.43. The Morgan fingerprint density at radius 3 is 2.90 bits per heavy atom. The maximum Gasteiger partial charge on any atom is 0.343 e. The van der Waals surface area contributed by atoms with Gasteiger partial charge in [0, 0.05) is 29.2 Å². The minimum atomic E-state index is -1.82. The fourth-order valence-corrected chi connectivity index (χ4v) is 4.27. The zero-order valence-corrected chi connectivity index (χ0v) is 17.2. The summed E-state index contributed by atoms with van der Waals surface area (Å²) in [5, 5.41) is 11.9. The van der Waals surface area contributed by atoms with Crippen molar-refractivity contribution >= 4 is 16.9 Å². The molecular weight excluding hydrogens is 396 g/mol. The maximum atomic E-state index is 13.2. The number of aliphatic hydroxyl groups is 1. The molecule has 7 heteroatoms. The molecule has 0 bridgehead atoms. The van der Waals surface area contributed by atoms with Gasteiger partial charge in [-0.1, -0.05) is 18.8 Å². The Balaban J connectivity index is 1.66. The van der Waals surface area contributed by atoms with E-state index < -0.39 is 11.6 Å². The van der Waals surface area contributed by atoms with Crippen molar-refractivity contribution in [3.05, 3.63) is 62.9 Å². The van der Waals surface area contributed by atoms with Gasteiger partial charge in [0.05, 0.1) is 29.0 Å². The molecule has 0 saturated heterocycles. The standard InChI is InChI=1S/C24H20N2O5/c1-3-24(29)18-11-20-21-16(12-26(20)22(27)17(18)13-31-23(24)28)10-15-9-14(5-4-8-30-2)6-7-19(15)25-21/h6-7,9-11,29H,3,8,12-13H2,1-2H3/t24-/m0/s1. The van der Waals surface area contributed by atoms with Crippen molar-refractivity contribution in [3.63, 3.8) is 0 Å². The number of aromatic nitrogens is 2. The van der Waals surface area contributed by atoms with Crippen LogP contribution in [0.25, 0.3) is 22.3 Å². The average Bonchev–Trinajstić information content (AvgIpc) is 3.13. The van der Waals surface area contributed by atoms with Crippen molar-refractivity contribution in [2.24, 2.45) is 0 Å². The number of methoxy groups -OCH3 is 1. The van der Waals surface area contributed by atoms with Gasteiger partial charge in [0.2, 0.25) is 0 Å². The van der Waals surface area contributed by atoms with Crippen molar-refractivity contribution in [3.8, 4) is 23.2 Å². The van der Waals surface area contributed by atoms with Crippen LogP contribution in [0.15, 0.2) is 35.1 Å². The number of hydrogen-bond donors (Lipinski definition) is 1. The van der Waals surface area contributed by atoms with Crippen molar-refractivity contribution in [1.29, 1.82) is 0 Å². The number of benzene rings is 1. The fraction of sp³-hybridized carbons (Fsp3) is 0.292. The van der Waals surface area contributed by atoms with Gasteiger partial charge in [0.15, 0.2) is 5.60 Å². The van der Waals surface area contributed by atoms with Crippen LogP contribution in [-0.2, 0) is 33.0 Å². The number of nitrogens with zero attached hydrogens (tertiary/aromatic N) is 2. The second kappa shape index (κ2) is 7.05. The summed E-state index contributed by atoms with van der Waals surface area (Å²) in [7, 11) is 1.60. The Labute approximate surface area is 178 Å². The third-order valence-electron chi connectivity index (χ3n) is 5.96. The van der Waals surface area contributed by atoms with Crippen molar-refractivity contribution < 1.29 is 19.4 Å². The van der Waals surface area contributed by atoms with E-state index in [4.69, 9.17) is 14.5 Å². The Morgan fingerprint density at radius 2 is 2.13 bits per heavy atom. The smallest absolute Gasteiger partial charge is 0.343 e. The van der Waals surface area contributed by atoms with E-state index in [1.807, 2.05) is 24.3 Å². The molecule has 0 aliphatic carbocycles. The van der Waals surface area contributed by atoms with E-state index in [1.165, 1.54) is 0 Å². The number of fused-ring (bicyclic) bond motifs is 5. The van der Waals surface area contributed by atoms with E-state index in [1.54, 1.807) is 24.7 Å². The molecule has 0 saturated carbocycles. The number of cyclic esters (lactones) is 1. The van der Waals surface area contributed by atoms with E-state index in [0.29, 0.717) is 35.7 Å². The zero-order chi connectivity index (χ0) is 21.8. The summed E-state index contributed by atoms with van der Waals surface area (Å²) in [5.41, 5.74) is 2.38. The highest BCUT2D eigenvalue weighted by atomic mass is 16.6. The van der Waals surface area contributed by atoms with E-state index in [2.05, 4.69) is 11.8 Å². The number of ether oxygens (including phenoxy) is 2. The molecule has 1 N–H and O–H groups in total. The van der Waals surface area contributed by atoms with Gasteiger partial charge < -0.3 is 19.1 Å². The molecule has 0 fully saturated rings. The predicted octanol–water partition coefficient (Wildman–Crippen LogP) is 2.08. The lowest BCUT2D eigenvalue weighted by atomic mass is 9.86. The van der Waals surface area contributed by atoms with Crippen molar-refractivity contribution in [2.75, 3.05) is 13.7 Å². The lowest BCUT2D eigenvalue weighted by Crippen LogP contribution is -2.44. The molecular formula is C24H20N2O5. The van der Waals surface area contributed by atoms with Gasteiger partial charge in [-0.2, -0.15) is 0 Å². The molecule has 156 valence electrons. The lowest BCUT2D eigenvalue weighted by Gasteiger charge is -2.31. The molecule has 1 aromatic carbocycles. The SMILES string of the molecule is CC[C@@]1(O)C(=O)OCc2c1cc1n(c2=O)Cc2cc3cc(C#CCOC)ccc3nc2-1. The Hall–Kier alpha value is -3.47. The summed E-state index contributed by atoms with van der Waals surface area (Å²) in [4.78, 5) is 30.2. The van der Waals surface area contributed by atoms with Crippen LogP contribution in [0.3, 0.4) is 0 Å². The van der Waals surface area contributed by atoms with Crippen LogP contribution in [0.5, 0.6) is 0 Å². The van der Waals surface area contributed by atoms with Crippen LogP contribution in [0.4, 0.5) is 0 Å². The molecule has 3 aromatic rings. The first-order chi connectivity index (χ1) is 15.0. The molecule has 7 nitrogen and oxygen atoms in total. The summed E-state index contributed by atoms with van der Waals surface area (Å²) in [6.45, 7) is 2.29. The van der Waals surface area contributed by atoms with Gasteiger partial charge in [0.1, 0.15) is 13.2 Å². The third-order valence-corrected chi connectivity index (χ3v) is 5.96. The molecule has 5 rings (SSSR count). The second-order valence-corrected chi connectivity index (χ2v) is 7.74. The molecule has 31 heavy (non-hydrogen) atoms. The van der Waals surface area contributed by atoms with Crippen LogP contribution >= 0.6 is 0 Å². The van der Waals surface area contributed by atoms with Crippen LogP contribution in [0.2, 0.25) is 0 Å². The summed E-state index contributed by atoms with van der Waals surface area (Å²) in [6.07, 6.45) is 0.118. The van der Waals surface area contributed by atoms with Gasteiger partial charge in [0.25, 0.3) is 5.56 Å².